The summed E-state index contributed by atoms with van der Waals surface area (Å²) in [6.07, 6.45) is 2.18. The maximum atomic E-state index is 11.5. The summed E-state index contributed by atoms with van der Waals surface area (Å²) >= 11 is 0. The molecule has 1 aromatic rings. The van der Waals surface area contributed by atoms with E-state index >= 15 is 0 Å². The Balaban J connectivity index is 1.91. The van der Waals surface area contributed by atoms with E-state index < -0.39 is 0 Å². The lowest BCUT2D eigenvalue weighted by atomic mass is 10.2. The molecule has 18 heavy (non-hydrogen) atoms. The zero-order valence-corrected chi connectivity index (χ0v) is 10.5. The molecule has 2 rings (SSSR count). The van der Waals surface area contributed by atoms with Gasteiger partial charge in [-0.1, -0.05) is 6.07 Å². The predicted octanol–water partition coefficient (Wildman–Crippen LogP) is 1.36. The van der Waals surface area contributed by atoms with Crippen LogP contribution >= 0.6 is 0 Å². The quantitative estimate of drug-likeness (QED) is 0.665. The molecule has 1 fully saturated rings. The van der Waals surface area contributed by atoms with Gasteiger partial charge in [-0.05, 0) is 31.9 Å². The maximum Gasteiger partial charge on any atom is 0.239 e. The second-order valence-electron chi connectivity index (χ2n) is 4.35. The third-order valence-electron chi connectivity index (χ3n) is 2.75. The number of benzene rings is 1. The van der Waals surface area contributed by atoms with Gasteiger partial charge < -0.3 is 21.1 Å². The molecule has 1 aliphatic carbocycles. The highest BCUT2D eigenvalue weighted by Gasteiger charge is 2.22. The van der Waals surface area contributed by atoms with Crippen LogP contribution in [0.15, 0.2) is 18.2 Å². The van der Waals surface area contributed by atoms with E-state index in [1.165, 1.54) is 0 Å². The molecule has 0 bridgehead atoms. The molecule has 0 unspecified atom stereocenters. The molecule has 5 nitrogen and oxygen atoms in total. The van der Waals surface area contributed by atoms with E-state index in [2.05, 4.69) is 10.6 Å². The van der Waals surface area contributed by atoms with Gasteiger partial charge in [0.25, 0.3) is 0 Å². The highest BCUT2D eigenvalue weighted by molar-refractivity contribution is 5.83. The number of para-hydroxylation sites is 1. The van der Waals surface area contributed by atoms with Crippen molar-refractivity contribution < 1.29 is 9.53 Å². The van der Waals surface area contributed by atoms with Crippen molar-refractivity contribution in [1.82, 2.24) is 5.32 Å². The number of carbonyl (C=O) groups is 1. The maximum absolute atomic E-state index is 11.5. The number of rotatable bonds is 6. The van der Waals surface area contributed by atoms with Crippen LogP contribution < -0.4 is 21.1 Å². The molecule has 0 atom stereocenters. The van der Waals surface area contributed by atoms with Crippen molar-refractivity contribution in [3.63, 3.8) is 0 Å². The molecule has 0 radical (unpaired) electrons. The lowest BCUT2D eigenvalue weighted by molar-refractivity contribution is -0.119. The zero-order chi connectivity index (χ0) is 13.0. The van der Waals surface area contributed by atoms with Crippen LogP contribution in [0.5, 0.6) is 5.75 Å². The summed E-state index contributed by atoms with van der Waals surface area (Å²) in [4.78, 5) is 11.5. The first kappa shape index (κ1) is 12.5. The van der Waals surface area contributed by atoms with E-state index in [1.807, 2.05) is 25.1 Å². The second-order valence-corrected chi connectivity index (χ2v) is 4.35. The molecule has 0 aliphatic heterocycles. The molecule has 0 spiro atoms. The van der Waals surface area contributed by atoms with Gasteiger partial charge in [-0.15, -0.1) is 0 Å². The first-order valence-electron chi connectivity index (χ1n) is 6.25. The second kappa shape index (κ2) is 5.62. The van der Waals surface area contributed by atoms with E-state index in [0.717, 1.165) is 18.5 Å². The van der Waals surface area contributed by atoms with Crippen molar-refractivity contribution in [3.05, 3.63) is 18.2 Å². The van der Waals surface area contributed by atoms with Gasteiger partial charge in [0.15, 0.2) is 0 Å². The van der Waals surface area contributed by atoms with Gasteiger partial charge in [0.05, 0.1) is 24.5 Å². The Bertz CT molecular complexity index is 430. The Morgan fingerprint density at radius 1 is 1.50 bits per heavy atom. The fourth-order valence-electron chi connectivity index (χ4n) is 1.66. The summed E-state index contributed by atoms with van der Waals surface area (Å²) < 4.78 is 5.39. The van der Waals surface area contributed by atoms with Crippen LogP contribution in [-0.2, 0) is 4.79 Å². The summed E-state index contributed by atoms with van der Waals surface area (Å²) in [7, 11) is 0. The van der Waals surface area contributed by atoms with Gasteiger partial charge >= 0.3 is 0 Å². The molecule has 0 heterocycles. The van der Waals surface area contributed by atoms with Crippen molar-refractivity contribution in [2.75, 3.05) is 24.2 Å². The molecule has 1 aliphatic rings. The third kappa shape index (κ3) is 3.29. The molecule has 0 saturated heterocycles. The summed E-state index contributed by atoms with van der Waals surface area (Å²) in [5, 5.41) is 5.94. The summed E-state index contributed by atoms with van der Waals surface area (Å²) in [6, 6.07) is 5.88. The van der Waals surface area contributed by atoms with Crippen LogP contribution in [0.3, 0.4) is 0 Å². The van der Waals surface area contributed by atoms with E-state index in [4.69, 9.17) is 10.5 Å². The Morgan fingerprint density at radius 3 is 2.94 bits per heavy atom. The number of ether oxygens (including phenoxy) is 1. The molecule has 4 N–H and O–H groups in total. The number of amides is 1. The van der Waals surface area contributed by atoms with Crippen molar-refractivity contribution in [2.45, 2.75) is 25.8 Å². The smallest absolute Gasteiger partial charge is 0.239 e. The van der Waals surface area contributed by atoms with Crippen molar-refractivity contribution in [1.29, 1.82) is 0 Å². The van der Waals surface area contributed by atoms with Crippen LogP contribution in [0.4, 0.5) is 11.4 Å². The molecule has 1 aromatic carbocycles. The average molecular weight is 249 g/mol. The molecule has 1 saturated carbocycles. The number of hydrogen-bond acceptors (Lipinski definition) is 4. The van der Waals surface area contributed by atoms with E-state index in [1.54, 1.807) is 0 Å². The summed E-state index contributed by atoms with van der Waals surface area (Å²) in [5.41, 5.74) is 7.22. The van der Waals surface area contributed by atoms with Gasteiger partial charge in [0.2, 0.25) is 5.91 Å². The Labute approximate surface area is 107 Å². The average Bonchev–Trinajstić information content (AvgIpc) is 3.14. The van der Waals surface area contributed by atoms with Crippen LogP contribution in [0.2, 0.25) is 0 Å². The number of nitrogens with two attached hydrogens (primary N) is 1. The summed E-state index contributed by atoms with van der Waals surface area (Å²) in [5.74, 6) is 0.642. The fourth-order valence-corrected chi connectivity index (χ4v) is 1.66. The largest absolute Gasteiger partial charge is 0.492 e. The number of carbonyl (C=O) groups excluding carboxylic acids is 1. The summed E-state index contributed by atoms with van der Waals surface area (Å²) in [6.45, 7) is 2.70. The van der Waals surface area contributed by atoms with Gasteiger partial charge in [-0.25, -0.2) is 0 Å². The standard InChI is InChI=1S/C13H19N3O2/c1-2-18-11-5-3-4-10(13(11)14)15-8-12(17)16-9-6-7-9/h3-5,9,15H,2,6-8,14H2,1H3,(H,16,17). The van der Waals surface area contributed by atoms with E-state index in [9.17, 15) is 4.79 Å². The van der Waals surface area contributed by atoms with Crippen LogP contribution in [-0.4, -0.2) is 25.1 Å². The minimum atomic E-state index is -0.00119. The predicted molar refractivity (Wildman–Crippen MR) is 71.7 cm³/mol. The number of nitrogens with one attached hydrogen (secondary N) is 2. The third-order valence-corrected chi connectivity index (χ3v) is 2.75. The number of nitrogen functional groups attached to an aromatic ring is 1. The zero-order valence-electron chi connectivity index (χ0n) is 10.5. The van der Waals surface area contributed by atoms with Crippen molar-refractivity contribution >= 4 is 17.3 Å². The minimum Gasteiger partial charge on any atom is -0.492 e. The van der Waals surface area contributed by atoms with Gasteiger partial charge in [-0.3, -0.25) is 4.79 Å². The number of anilines is 2. The molecule has 5 heteroatoms. The van der Waals surface area contributed by atoms with Gasteiger partial charge in [0.1, 0.15) is 5.75 Å². The van der Waals surface area contributed by atoms with Crippen LogP contribution in [0.1, 0.15) is 19.8 Å². The van der Waals surface area contributed by atoms with Crippen molar-refractivity contribution in [3.8, 4) is 5.75 Å². The highest BCUT2D eigenvalue weighted by atomic mass is 16.5. The van der Waals surface area contributed by atoms with Gasteiger partial charge in [-0.2, -0.15) is 0 Å². The highest BCUT2D eigenvalue weighted by Crippen LogP contribution is 2.29. The topological polar surface area (TPSA) is 76.4 Å². The first-order valence-corrected chi connectivity index (χ1v) is 6.25. The molecular formula is C13H19N3O2. The van der Waals surface area contributed by atoms with E-state index in [-0.39, 0.29) is 12.5 Å². The molecule has 1 amide bonds. The normalized spacial score (nSPS) is 14.1. The lowest BCUT2D eigenvalue weighted by Crippen LogP contribution is -2.31. The van der Waals surface area contributed by atoms with Crippen LogP contribution in [0, 0.1) is 0 Å². The Morgan fingerprint density at radius 2 is 2.28 bits per heavy atom. The Kier molecular flexibility index (Phi) is 3.92. The molecule has 0 aromatic heterocycles. The fraction of sp³-hybridized carbons (Fsp3) is 0.462. The molecular weight excluding hydrogens is 230 g/mol. The van der Waals surface area contributed by atoms with E-state index in [0.29, 0.717) is 24.1 Å². The Hall–Kier alpha value is -1.91. The SMILES string of the molecule is CCOc1cccc(NCC(=O)NC2CC2)c1N. The van der Waals surface area contributed by atoms with Crippen LogP contribution in [0.25, 0.3) is 0 Å². The molecule has 98 valence electrons. The van der Waals surface area contributed by atoms with Crippen molar-refractivity contribution in [2.24, 2.45) is 0 Å². The monoisotopic (exact) mass is 249 g/mol. The lowest BCUT2D eigenvalue weighted by Gasteiger charge is -2.13. The number of hydrogen-bond donors (Lipinski definition) is 3. The minimum absolute atomic E-state index is 0.00119. The van der Waals surface area contributed by atoms with Gasteiger partial charge in [0, 0.05) is 6.04 Å². The first-order chi connectivity index (χ1) is 8.70.